The fourth-order valence-corrected chi connectivity index (χ4v) is 4.21. The van der Waals surface area contributed by atoms with Crippen LogP contribution < -0.4 is 16.2 Å². The van der Waals surface area contributed by atoms with Crippen molar-refractivity contribution in [2.24, 2.45) is 0 Å². The lowest BCUT2D eigenvalue weighted by molar-refractivity contribution is 0.0738. The lowest BCUT2D eigenvalue weighted by atomic mass is 10.0. The SMILES string of the molecule is C=CCn1c(=O)c2cnc(Nc3ccc4c(c3)CNCC4)nc2n1-c1ccnc(C(C)(C)O)c1. The summed E-state index contributed by atoms with van der Waals surface area (Å²) >= 11 is 0. The minimum atomic E-state index is -1.13. The summed E-state index contributed by atoms with van der Waals surface area (Å²) in [6.45, 7) is 9.24. The van der Waals surface area contributed by atoms with Crippen LogP contribution in [-0.2, 0) is 25.1 Å². The average Bonchev–Trinajstić information content (AvgIpc) is 3.10. The molecule has 1 aliphatic heterocycles. The molecule has 0 unspecified atom stereocenters. The third-order valence-electron chi connectivity index (χ3n) is 5.94. The summed E-state index contributed by atoms with van der Waals surface area (Å²) in [4.78, 5) is 26.5. The van der Waals surface area contributed by atoms with Crippen LogP contribution in [0.5, 0.6) is 0 Å². The zero-order valence-corrected chi connectivity index (χ0v) is 19.2. The van der Waals surface area contributed by atoms with E-state index in [1.54, 1.807) is 53.8 Å². The van der Waals surface area contributed by atoms with Crippen LogP contribution >= 0.6 is 0 Å². The van der Waals surface area contributed by atoms with Gasteiger partial charge in [-0.3, -0.25) is 9.78 Å². The van der Waals surface area contributed by atoms with Gasteiger partial charge in [0.2, 0.25) is 5.95 Å². The lowest BCUT2D eigenvalue weighted by Gasteiger charge is -2.18. The van der Waals surface area contributed by atoms with Crippen molar-refractivity contribution in [3.05, 3.63) is 82.6 Å². The number of anilines is 2. The fraction of sp³-hybridized carbons (Fsp3) is 0.280. The van der Waals surface area contributed by atoms with Crippen LogP contribution in [0.2, 0.25) is 0 Å². The van der Waals surface area contributed by atoms with Gasteiger partial charge in [0.1, 0.15) is 11.0 Å². The molecule has 3 N–H and O–H groups in total. The number of nitrogens with zero attached hydrogens (tertiary/aromatic N) is 5. The Bertz CT molecular complexity index is 1450. The molecule has 4 heterocycles. The average molecular weight is 458 g/mol. The number of aromatic nitrogens is 5. The highest BCUT2D eigenvalue weighted by Gasteiger charge is 2.21. The smallest absolute Gasteiger partial charge is 0.278 e. The van der Waals surface area contributed by atoms with Crippen LogP contribution in [0.3, 0.4) is 0 Å². The summed E-state index contributed by atoms with van der Waals surface area (Å²) in [6.07, 6.45) is 5.82. The van der Waals surface area contributed by atoms with E-state index in [9.17, 15) is 9.90 Å². The summed E-state index contributed by atoms with van der Waals surface area (Å²) in [5.74, 6) is 0.387. The molecule has 0 radical (unpaired) electrons. The van der Waals surface area contributed by atoms with Crippen molar-refractivity contribution in [3.63, 3.8) is 0 Å². The number of benzene rings is 1. The van der Waals surface area contributed by atoms with Crippen LogP contribution in [0.25, 0.3) is 16.7 Å². The van der Waals surface area contributed by atoms with E-state index in [-0.39, 0.29) is 12.1 Å². The van der Waals surface area contributed by atoms with Crippen LogP contribution in [-0.4, -0.2) is 36.0 Å². The first-order valence-electron chi connectivity index (χ1n) is 11.2. The lowest BCUT2D eigenvalue weighted by Crippen LogP contribution is -2.23. The number of pyridine rings is 1. The topological polar surface area (TPSA) is 110 Å². The number of hydrogen-bond donors (Lipinski definition) is 3. The largest absolute Gasteiger partial charge is 0.384 e. The van der Waals surface area contributed by atoms with Gasteiger partial charge in [0.15, 0.2) is 5.65 Å². The first-order chi connectivity index (χ1) is 16.3. The minimum Gasteiger partial charge on any atom is -0.384 e. The highest BCUT2D eigenvalue weighted by Crippen LogP contribution is 2.24. The number of rotatable bonds is 6. The molecule has 0 bridgehead atoms. The van der Waals surface area contributed by atoms with Crippen molar-refractivity contribution in [2.45, 2.75) is 39.0 Å². The first kappa shape index (κ1) is 22.0. The molecule has 1 aliphatic rings. The second kappa shape index (κ2) is 8.51. The molecule has 0 saturated carbocycles. The van der Waals surface area contributed by atoms with Crippen molar-refractivity contribution in [1.82, 2.24) is 29.6 Å². The fourth-order valence-electron chi connectivity index (χ4n) is 4.21. The first-order valence-corrected chi connectivity index (χ1v) is 11.2. The number of hydrogen-bond acceptors (Lipinski definition) is 7. The monoisotopic (exact) mass is 457 g/mol. The van der Waals surface area contributed by atoms with Crippen LogP contribution in [0.4, 0.5) is 11.6 Å². The minimum absolute atomic E-state index is 0.220. The Morgan fingerprint density at radius 1 is 1.24 bits per heavy atom. The van der Waals surface area contributed by atoms with Gasteiger partial charge in [-0.15, -0.1) is 6.58 Å². The number of allylic oxidation sites excluding steroid dienone is 1. The van der Waals surface area contributed by atoms with Gasteiger partial charge in [-0.05, 0) is 62.2 Å². The van der Waals surface area contributed by atoms with Crippen molar-refractivity contribution in [2.75, 3.05) is 11.9 Å². The molecular formula is C25H27N7O2. The highest BCUT2D eigenvalue weighted by molar-refractivity contribution is 5.77. The predicted octanol–water partition coefficient (Wildman–Crippen LogP) is 2.78. The van der Waals surface area contributed by atoms with Crippen molar-refractivity contribution in [1.29, 1.82) is 0 Å². The van der Waals surface area contributed by atoms with Crippen LogP contribution in [0.1, 0.15) is 30.7 Å². The van der Waals surface area contributed by atoms with E-state index in [0.717, 1.165) is 25.2 Å². The summed E-state index contributed by atoms with van der Waals surface area (Å²) in [5, 5.41) is 17.5. The molecule has 0 spiro atoms. The molecule has 4 aromatic rings. The van der Waals surface area contributed by atoms with Gasteiger partial charge >= 0.3 is 0 Å². The maximum absolute atomic E-state index is 13.1. The molecule has 5 rings (SSSR count). The van der Waals surface area contributed by atoms with Gasteiger partial charge in [0, 0.05) is 24.6 Å². The van der Waals surface area contributed by atoms with E-state index in [4.69, 9.17) is 4.98 Å². The highest BCUT2D eigenvalue weighted by atomic mass is 16.3. The van der Waals surface area contributed by atoms with Crippen molar-refractivity contribution in [3.8, 4) is 5.69 Å². The standard InChI is InChI=1S/C25H27N7O2/c1-4-11-31-23(33)20-15-28-24(29-18-6-5-16-7-9-26-14-17(16)12-18)30-22(20)32(31)19-8-10-27-21(13-19)25(2,3)34/h4-6,8,10,12-13,15,26,34H,1,7,9,11,14H2,2-3H3,(H,28,29,30). The summed E-state index contributed by atoms with van der Waals surface area (Å²) in [5.41, 5.74) is 3.73. The van der Waals surface area contributed by atoms with Gasteiger partial charge in [0.25, 0.3) is 5.56 Å². The van der Waals surface area contributed by atoms with Gasteiger partial charge in [0.05, 0.1) is 17.9 Å². The third kappa shape index (κ3) is 4.00. The van der Waals surface area contributed by atoms with Gasteiger partial charge < -0.3 is 15.7 Å². The second-order valence-corrected chi connectivity index (χ2v) is 8.91. The van der Waals surface area contributed by atoms with E-state index in [1.165, 1.54) is 11.1 Å². The Balaban J connectivity index is 1.62. The van der Waals surface area contributed by atoms with E-state index < -0.39 is 5.60 Å². The van der Waals surface area contributed by atoms with Crippen molar-refractivity contribution >= 4 is 22.7 Å². The maximum atomic E-state index is 13.1. The second-order valence-electron chi connectivity index (χ2n) is 8.91. The van der Waals surface area contributed by atoms with Gasteiger partial charge in [-0.25, -0.2) is 14.3 Å². The van der Waals surface area contributed by atoms with E-state index in [1.807, 2.05) is 6.07 Å². The van der Waals surface area contributed by atoms with Crippen LogP contribution in [0, 0.1) is 0 Å². The van der Waals surface area contributed by atoms with E-state index >= 15 is 0 Å². The third-order valence-corrected chi connectivity index (χ3v) is 5.94. The molecule has 0 amide bonds. The summed E-state index contributed by atoms with van der Waals surface area (Å²) in [6, 6.07) is 9.78. The molecule has 3 aromatic heterocycles. The molecule has 34 heavy (non-hydrogen) atoms. The Morgan fingerprint density at radius 3 is 2.88 bits per heavy atom. The summed E-state index contributed by atoms with van der Waals surface area (Å²) < 4.78 is 3.27. The van der Waals surface area contributed by atoms with E-state index in [2.05, 4.69) is 39.3 Å². The predicted molar refractivity (Wildman–Crippen MR) is 131 cm³/mol. The molecule has 174 valence electrons. The molecule has 9 heteroatoms. The Hall–Kier alpha value is -3.82. The maximum Gasteiger partial charge on any atom is 0.278 e. The zero-order chi connectivity index (χ0) is 23.9. The number of aliphatic hydroxyl groups is 1. The Labute approximate surface area is 196 Å². The molecule has 0 fully saturated rings. The molecule has 1 aromatic carbocycles. The van der Waals surface area contributed by atoms with Crippen LogP contribution in [0.15, 0.2) is 60.2 Å². The number of nitrogens with one attached hydrogen (secondary N) is 2. The molecule has 9 nitrogen and oxygen atoms in total. The van der Waals surface area contributed by atoms with E-state index in [0.29, 0.717) is 28.4 Å². The van der Waals surface area contributed by atoms with Gasteiger partial charge in [-0.2, -0.15) is 4.98 Å². The quantitative estimate of drug-likeness (QED) is 0.382. The zero-order valence-electron chi connectivity index (χ0n) is 19.2. The van der Waals surface area contributed by atoms with Gasteiger partial charge in [-0.1, -0.05) is 12.1 Å². The number of fused-ring (bicyclic) bond motifs is 2. The Morgan fingerprint density at radius 2 is 2.09 bits per heavy atom. The molecule has 0 atom stereocenters. The van der Waals surface area contributed by atoms with Crippen molar-refractivity contribution < 1.29 is 5.11 Å². The molecule has 0 saturated heterocycles. The molecular weight excluding hydrogens is 430 g/mol. The Kier molecular flexibility index (Phi) is 5.51. The summed E-state index contributed by atoms with van der Waals surface area (Å²) in [7, 11) is 0. The molecule has 0 aliphatic carbocycles. The normalized spacial score (nSPS) is 13.6.